The summed E-state index contributed by atoms with van der Waals surface area (Å²) in [6.07, 6.45) is 3.68. The Bertz CT molecular complexity index is 245. The summed E-state index contributed by atoms with van der Waals surface area (Å²) in [5.41, 5.74) is 0. The highest BCUT2D eigenvalue weighted by Gasteiger charge is 2.37. The number of morpholine rings is 1. The van der Waals surface area contributed by atoms with Gasteiger partial charge in [-0.25, -0.2) is 0 Å². The average molecular weight is 212 g/mol. The molecule has 0 radical (unpaired) electrons. The van der Waals surface area contributed by atoms with Gasteiger partial charge in [0, 0.05) is 18.1 Å². The number of carbonyl (C=O) groups excluding carboxylic acids is 1. The van der Waals surface area contributed by atoms with Crippen LogP contribution in [0.5, 0.6) is 0 Å². The highest BCUT2D eigenvalue weighted by Crippen LogP contribution is 2.26. The number of nitrogens with zero attached hydrogens (tertiary/aromatic N) is 1. The van der Waals surface area contributed by atoms with E-state index in [0.717, 1.165) is 0 Å². The first-order chi connectivity index (χ1) is 7.22. The molecule has 0 aromatic carbocycles. The fraction of sp³-hybridized carbons (Fsp3) is 0.909. The lowest BCUT2D eigenvalue weighted by atomic mass is 10.1. The van der Waals surface area contributed by atoms with Crippen LogP contribution in [0.3, 0.4) is 0 Å². The lowest BCUT2D eigenvalue weighted by molar-refractivity contribution is -0.156. The van der Waals surface area contributed by atoms with Gasteiger partial charge in [-0.05, 0) is 26.8 Å². The van der Waals surface area contributed by atoms with Gasteiger partial charge in [0.25, 0.3) is 0 Å². The van der Waals surface area contributed by atoms with Gasteiger partial charge in [-0.15, -0.1) is 0 Å². The monoisotopic (exact) mass is 212 g/mol. The lowest BCUT2D eigenvalue weighted by Gasteiger charge is -2.39. The van der Waals surface area contributed by atoms with Crippen molar-refractivity contribution in [3.63, 3.8) is 0 Å². The normalized spacial score (nSPS) is 38.0. The molecule has 15 heavy (non-hydrogen) atoms. The van der Waals surface area contributed by atoms with Gasteiger partial charge in [-0.1, -0.05) is 6.42 Å². The quantitative estimate of drug-likeness (QED) is 0.672. The molecular formula is C11H20N2O2. The van der Waals surface area contributed by atoms with Gasteiger partial charge in [0.05, 0.1) is 6.54 Å². The predicted octanol–water partition coefficient (Wildman–Crippen LogP) is 0.374. The summed E-state index contributed by atoms with van der Waals surface area (Å²) in [6.45, 7) is 3.15. The first-order valence-electron chi connectivity index (χ1n) is 5.81. The van der Waals surface area contributed by atoms with E-state index >= 15 is 0 Å². The summed E-state index contributed by atoms with van der Waals surface area (Å²) in [7, 11) is 2.01. The standard InChI is InChI=1S/C11H20N2O2/c1-8-7-15-11(14)6-13(8)10-5-3-4-9(10)12-2/h8-10,12H,3-7H2,1-2H3. The summed E-state index contributed by atoms with van der Waals surface area (Å²) in [6, 6.07) is 1.41. The smallest absolute Gasteiger partial charge is 0.320 e. The molecule has 0 amide bonds. The number of rotatable bonds is 2. The maximum Gasteiger partial charge on any atom is 0.320 e. The van der Waals surface area contributed by atoms with Crippen LogP contribution in [0.25, 0.3) is 0 Å². The molecule has 1 saturated carbocycles. The number of ether oxygens (including phenoxy) is 1. The van der Waals surface area contributed by atoms with E-state index in [2.05, 4.69) is 17.1 Å². The summed E-state index contributed by atoms with van der Waals surface area (Å²) in [5.74, 6) is -0.0742. The molecule has 86 valence electrons. The van der Waals surface area contributed by atoms with E-state index in [1.807, 2.05) is 7.05 Å². The summed E-state index contributed by atoms with van der Waals surface area (Å²) in [5, 5.41) is 3.35. The Morgan fingerprint density at radius 3 is 3.00 bits per heavy atom. The molecule has 4 heteroatoms. The maximum absolute atomic E-state index is 11.3. The molecule has 1 aliphatic heterocycles. The molecule has 0 bridgehead atoms. The van der Waals surface area contributed by atoms with Gasteiger partial charge >= 0.3 is 5.97 Å². The molecule has 3 unspecified atom stereocenters. The van der Waals surface area contributed by atoms with Crippen LogP contribution in [0.1, 0.15) is 26.2 Å². The number of cyclic esters (lactones) is 1. The van der Waals surface area contributed by atoms with E-state index in [9.17, 15) is 4.79 Å². The highest BCUT2D eigenvalue weighted by molar-refractivity contribution is 5.72. The van der Waals surface area contributed by atoms with E-state index in [0.29, 0.717) is 31.3 Å². The summed E-state index contributed by atoms with van der Waals surface area (Å²) in [4.78, 5) is 13.6. The number of hydrogen-bond donors (Lipinski definition) is 1. The first kappa shape index (κ1) is 10.9. The number of likely N-dealkylation sites (N-methyl/N-ethyl adjacent to an activating group) is 1. The van der Waals surface area contributed by atoms with Crippen LogP contribution in [-0.4, -0.2) is 49.2 Å². The van der Waals surface area contributed by atoms with Crippen LogP contribution in [-0.2, 0) is 9.53 Å². The molecule has 1 N–H and O–H groups in total. The van der Waals surface area contributed by atoms with Crippen LogP contribution in [0, 0.1) is 0 Å². The molecule has 0 aromatic rings. The SMILES string of the molecule is CNC1CCCC1N1CC(=O)OCC1C. The first-order valence-corrected chi connectivity index (χ1v) is 5.81. The van der Waals surface area contributed by atoms with Gasteiger partial charge in [0.15, 0.2) is 0 Å². The predicted molar refractivity (Wildman–Crippen MR) is 57.6 cm³/mol. The second-order valence-electron chi connectivity index (χ2n) is 4.60. The third-order valence-corrected chi connectivity index (χ3v) is 3.64. The van der Waals surface area contributed by atoms with E-state index in [1.54, 1.807) is 0 Å². The number of hydrogen-bond acceptors (Lipinski definition) is 4. The molecule has 0 spiro atoms. The largest absolute Gasteiger partial charge is 0.463 e. The molecule has 3 atom stereocenters. The van der Waals surface area contributed by atoms with E-state index in [1.165, 1.54) is 19.3 Å². The molecular weight excluding hydrogens is 192 g/mol. The topological polar surface area (TPSA) is 41.6 Å². The van der Waals surface area contributed by atoms with Gasteiger partial charge in [-0.2, -0.15) is 0 Å². The van der Waals surface area contributed by atoms with Crippen molar-refractivity contribution in [2.45, 2.75) is 44.3 Å². The van der Waals surface area contributed by atoms with Gasteiger partial charge in [-0.3, -0.25) is 9.69 Å². The van der Waals surface area contributed by atoms with Crippen LogP contribution < -0.4 is 5.32 Å². The Kier molecular flexibility index (Phi) is 3.26. The van der Waals surface area contributed by atoms with Crippen LogP contribution >= 0.6 is 0 Å². The van der Waals surface area contributed by atoms with Crippen molar-refractivity contribution in [2.75, 3.05) is 20.2 Å². The van der Waals surface area contributed by atoms with Gasteiger partial charge < -0.3 is 10.1 Å². The molecule has 2 aliphatic rings. The van der Waals surface area contributed by atoms with Crippen molar-refractivity contribution in [1.29, 1.82) is 0 Å². The van der Waals surface area contributed by atoms with E-state index in [4.69, 9.17) is 4.74 Å². The number of esters is 1. The van der Waals surface area contributed by atoms with Crippen molar-refractivity contribution in [1.82, 2.24) is 10.2 Å². The zero-order valence-corrected chi connectivity index (χ0v) is 9.53. The molecule has 0 aromatic heterocycles. The second kappa shape index (κ2) is 4.49. The number of nitrogens with one attached hydrogen (secondary N) is 1. The molecule has 1 saturated heterocycles. The lowest BCUT2D eigenvalue weighted by Crippen LogP contribution is -2.55. The fourth-order valence-electron chi connectivity index (χ4n) is 2.78. The van der Waals surface area contributed by atoms with Crippen molar-refractivity contribution < 1.29 is 9.53 Å². The van der Waals surface area contributed by atoms with Crippen molar-refractivity contribution in [2.24, 2.45) is 0 Å². The zero-order chi connectivity index (χ0) is 10.8. The highest BCUT2D eigenvalue weighted by atomic mass is 16.5. The Morgan fingerprint density at radius 1 is 1.47 bits per heavy atom. The van der Waals surface area contributed by atoms with E-state index < -0.39 is 0 Å². The van der Waals surface area contributed by atoms with Crippen LogP contribution in [0.4, 0.5) is 0 Å². The average Bonchev–Trinajstić information content (AvgIpc) is 2.69. The van der Waals surface area contributed by atoms with Crippen molar-refractivity contribution in [3.05, 3.63) is 0 Å². The summed E-state index contributed by atoms with van der Waals surface area (Å²) >= 11 is 0. The van der Waals surface area contributed by atoms with E-state index in [-0.39, 0.29) is 5.97 Å². The Balaban J connectivity index is 2.03. The van der Waals surface area contributed by atoms with Gasteiger partial charge in [0.2, 0.25) is 0 Å². The third-order valence-electron chi connectivity index (χ3n) is 3.64. The maximum atomic E-state index is 11.3. The van der Waals surface area contributed by atoms with Gasteiger partial charge in [0.1, 0.15) is 6.61 Å². The summed E-state index contributed by atoms with van der Waals surface area (Å²) < 4.78 is 5.05. The zero-order valence-electron chi connectivity index (χ0n) is 9.53. The fourth-order valence-corrected chi connectivity index (χ4v) is 2.78. The second-order valence-corrected chi connectivity index (χ2v) is 4.60. The minimum absolute atomic E-state index is 0.0742. The minimum atomic E-state index is -0.0742. The molecule has 2 rings (SSSR count). The molecule has 1 aliphatic carbocycles. The third kappa shape index (κ3) is 2.16. The molecule has 1 heterocycles. The molecule has 2 fully saturated rings. The minimum Gasteiger partial charge on any atom is -0.463 e. The Morgan fingerprint density at radius 2 is 2.27 bits per heavy atom. The number of carbonyl (C=O) groups is 1. The Hall–Kier alpha value is -0.610. The molecule has 4 nitrogen and oxygen atoms in total. The van der Waals surface area contributed by atoms with Crippen molar-refractivity contribution >= 4 is 5.97 Å². The van der Waals surface area contributed by atoms with Crippen molar-refractivity contribution in [3.8, 4) is 0 Å². The van der Waals surface area contributed by atoms with Crippen LogP contribution in [0.15, 0.2) is 0 Å². The van der Waals surface area contributed by atoms with Crippen LogP contribution in [0.2, 0.25) is 0 Å². The Labute approximate surface area is 91.0 Å².